The molecule has 0 aliphatic carbocycles. The number of carbonyl (C=O) groups is 1. The largest absolute Gasteiger partial charge is 0.496 e. The number of H-pyrrole nitrogens is 1. The van der Waals surface area contributed by atoms with Gasteiger partial charge in [-0.3, -0.25) is 19.6 Å². The fraction of sp³-hybridized carbons (Fsp3) is 0.154. The number of nitrogens with zero attached hydrogens (tertiary/aromatic N) is 4. The minimum Gasteiger partial charge on any atom is -0.496 e. The second-order valence-electron chi connectivity index (χ2n) is 8.01. The zero-order chi connectivity index (χ0) is 24.4. The van der Waals surface area contributed by atoms with Gasteiger partial charge in [-0.1, -0.05) is 54.6 Å². The van der Waals surface area contributed by atoms with Crippen molar-refractivity contribution >= 4 is 29.0 Å². The van der Waals surface area contributed by atoms with E-state index in [2.05, 4.69) is 15.1 Å². The van der Waals surface area contributed by atoms with Crippen LogP contribution in [0.1, 0.15) is 32.1 Å². The number of fused-ring (bicyclic) bond motifs is 1. The van der Waals surface area contributed by atoms with Gasteiger partial charge in [0.05, 0.1) is 24.2 Å². The molecule has 2 aromatic carbocycles. The quantitative estimate of drug-likeness (QED) is 0.372. The second kappa shape index (κ2) is 9.55. The van der Waals surface area contributed by atoms with Gasteiger partial charge >= 0.3 is 0 Å². The standard InChI is InChI=1S/C26H23N5O3S/c1-17-20(15-18-9-4-3-5-10-18)23(32)31-25(27-17)28-26(29-31)30(24(33)22-13-8-14-35-22)16-19-11-6-7-12-21(19)34-2/h3-14H,15-16H2,1-2H3,(H,27,28,29). The highest BCUT2D eigenvalue weighted by molar-refractivity contribution is 7.12. The lowest BCUT2D eigenvalue weighted by molar-refractivity contribution is 0.0987. The average Bonchev–Trinajstić information content (AvgIpc) is 3.56. The number of hydrogen-bond acceptors (Lipinski definition) is 6. The topological polar surface area (TPSA) is 92.6 Å². The maximum atomic E-state index is 13.5. The lowest BCUT2D eigenvalue weighted by Crippen LogP contribution is -2.31. The van der Waals surface area contributed by atoms with Crippen LogP contribution in [0.3, 0.4) is 0 Å². The highest BCUT2D eigenvalue weighted by Crippen LogP contribution is 2.24. The summed E-state index contributed by atoms with van der Waals surface area (Å²) >= 11 is 1.34. The van der Waals surface area contributed by atoms with Gasteiger partial charge in [0.15, 0.2) is 0 Å². The van der Waals surface area contributed by atoms with Crippen molar-refractivity contribution in [3.63, 3.8) is 0 Å². The summed E-state index contributed by atoms with van der Waals surface area (Å²) in [5, 5.41) is 4.86. The van der Waals surface area contributed by atoms with E-state index < -0.39 is 0 Å². The summed E-state index contributed by atoms with van der Waals surface area (Å²) in [7, 11) is 1.59. The summed E-state index contributed by atoms with van der Waals surface area (Å²) in [4.78, 5) is 38.0. The molecular weight excluding hydrogens is 462 g/mol. The Morgan fingerprint density at radius 3 is 2.57 bits per heavy atom. The van der Waals surface area contributed by atoms with E-state index in [1.54, 1.807) is 20.1 Å². The van der Waals surface area contributed by atoms with Crippen LogP contribution in [-0.2, 0) is 13.0 Å². The molecule has 9 heteroatoms. The fourth-order valence-corrected chi connectivity index (χ4v) is 4.62. The number of hydrogen-bond donors (Lipinski definition) is 1. The molecule has 8 nitrogen and oxygen atoms in total. The number of benzene rings is 2. The number of anilines is 1. The van der Waals surface area contributed by atoms with E-state index in [-0.39, 0.29) is 29.7 Å². The zero-order valence-electron chi connectivity index (χ0n) is 19.3. The molecular formula is C26H23N5O3S. The van der Waals surface area contributed by atoms with E-state index in [4.69, 9.17) is 4.74 Å². The minimum atomic E-state index is -0.240. The van der Waals surface area contributed by atoms with Crippen molar-refractivity contribution in [2.24, 2.45) is 0 Å². The van der Waals surface area contributed by atoms with Gasteiger partial charge in [0.25, 0.3) is 17.2 Å². The fourth-order valence-electron chi connectivity index (χ4n) is 3.95. The monoisotopic (exact) mass is 485 g/mol. The predicted octanol–water partition coefficient (Wildman–Crippen LogP) is 4.23. The number of amides is 1. The van der Waals surface area contributed by atoms with Crippen LogP contribution in [-0.4, -0.2) is 32.6 Å². The SMILES string of the molecule is COc1ccccc1CN(C(=O)c1cccs1)c1nc2nc(C)c(Cc3ccccc3)c(=O)n2[nH]1. The maximum Gasteiger partial charge on any atom is 0.277 e. The zero-order valence-corrected chi connectivity index (χ0v) is 20.1. The number of aromatic nitrogens is 4. The molecule has 5 aromatic rings. The number of thiophene rings is 1. The molecule has 0 atom stereocenters. The first kappa shape index (κ1) is 22.5. The van der Waals surface area contributed by atoms with Gasteiger partial charge in [0.2, 0.25) is 5.95 Å². The van der Waals surface area contributed by atoms with Crippen LogP contribution in [0.15, 0.2) is 76.9 Å². The van der Waals surface area contributed by atoms with E-state index in [0.29, 0.717) is 28.3 Å². The average molecular weight is 486 g/mol. The van der Waals surface area contributed by atoms with Crippen LogP contribution in [0.25, 0.3) is 5.78 Å². The highest BCUT2D eigenvalue weighted by atomic mass is 32.1. The molecule has 5 rings (SSSR count). The van der Waals surface area contributed by atoms with Gasteiger partial charge in [-0.25, -0.2) is 4.98 Å². The number of rotatable bonds is 7. The molecule has 0 saturated carbocycles. The lowest BCUT2D eigenvalue weighted by Gasteiger charge is -2.20. The van der Waals surface area contributed by atoms with Crippen LogP contribution >= 0.6 is 11.3 Å². The third-order valence-electron chi connectivity index (χ3n) is 5.76. The molecule has 0 fully saturated rings. The summed E-state index contributed by atoms with van der Waals surface area (Å²) in [5.41, 5.74) is 2.76. The maximum absolute atomic E-state index is 13.5. The number of nitrogens with one attached hydrogen (secondary N) is 1. The first-order chi connectivity index (χ1) is 17.0. The number of carbonyl (C=O) groups excluding carboxylic acids is 1. The van der Waals surface area contributed by atoms with Crippen molar-refractivity contribution in [3.8, 4) is 5.75 Å². The van der Waals surface area contributed by atoms with E-state index in [1.807, 2.05) is 66.0 Å². The van der Waals surface area contributed by atoms with Crippen molar-refractivity contribution in [2.45, 2.75) is 19.9 Å². The van der Waals surface area contributed by atoms with E-state index in [9.17, 15) is 9.59 Å². The highest BCUT2D eigenvalue weighted by Gasteiger charge is 2.25. The Hall–Kier alpha value is -4.24. The van der Waals surface area contributed by atoms with E-state index >= 15 is 0 Å². The first-order valence-electron chi connectivity index (χ1n) is 11.0. The van der Waals surface area contributed by atoms with Crippen LogP contribution < -0.4 is 15.2 Å². The Balaban J connectivity index is 1.59. The van der Waals surface area contributed by atoms with Crippen LogP contribution in [0.5, 0.6) is 5.75 Å². The number of aromatic amines is 1. The Labute approximate surface area is 205 Å². The van der Waals surface area contributed by atoms with Gasteiger partial charge in [-0.05, 0) is 30.0 Å². The van der Waals surface area contributed by atoms with Gasteiger partial charge < -0.3 is 4.74 Å². The number of ether oxygens (including phenoxy) is 1. The Kier molecular flexibility index (Phi) is 6.15. The van der Waals surface area contributed by atoms with Crippen molar-refractivity contribution in [2.75, 3.05) is 12.0 Å². The third-order valence-corrected chi connectivity index (χ3v) is 6.62. The van der Waals surface area contributed by atoms with Gasteiger partial charge in [-0.15, -0.1) is 11.3 Å². The Bertz CT molecular complexity index is 1540. The lowest BCUT2D eigenvalue weighted by atomic mass is 10.1. The molecule has 35 heavy (non-hydrogen) atoms. The van der Waals surface area contributed by atoms with Crippen LogP contribution in [0.4, 0.5) is 5.95 Å². The number of para-hydroxylation sites is 1. The van der Waals surface area contributed by atoms with Crippen LogP contribution in [0.2, 0.25) is 0 Å². The van der Waals surface area contributed by atoms with Crippen molar-refractivity contribution in [1.82, 2.24) is 19.6 Å². The summed E-state index contributed by atoms with van der Waals surface area (Å²) < 4.78 is 6.79. The summed E-state index contributed by atoms with van der Waals surface area (Å²) in [5.74, 6) is 0.863. The minimum absolute atomic E-state index is 0.200. The second-order valence-corrected chi connectivity index (χ2v) is 8.95. The van der Waals surface area contributed by atoms with Gasteiger partial charge in [0, 0.05) is 17.5 Å². The molecule has 3 heterocycles. The molecule has 0 aliphatic heterocycles. The molecule has 0 spiro atoms. The predicted molar refractivity (Wildman–Crippen MR) is 135 cm³/mol. The molecule has 0 aliphatic rings. The molecule has 176 valence electrons. The number of aryl methyl sites for hydroxylation is 1. The molecule has 0 saturated heterocycles. The van der Waals surface area contributed by atoms with E-state index in [1.165, 1.54) is 20.8 Å². The smallest absolute Gasteiger partial charge is 0.277 e. The van der Waals surface area contributed by atoms with Crippen molar-refractivity contribution < 1.29 is 9.53 Å². The van der Waals surface area contributed by atoms with Crippen molar-refractivity contribution in [3.05, 3.63) is 110 Å². The molecule has 1 amide bonds. The summed E-state index contributed by atoms with van der Waals surface area (Å²) in [6, 6.07) is 20.8. The van der Waals surface area contributed by atoms with E-state index in [0.717, 1.165) is 11.1 Å². The molecule has 0 unspecified atom stereocenters. The normalized spacial score (nSPS) is 11.0. The summed E-state index contributed by atoms with van der Waals surface area (Å²) in [6.07, 6.45) is 0.453. The van der Waals surface area contributed by atoms with Crippen molar-refractivity contribution in [1.29, 1.82) is 0 Å². The van der Waals surface area contributed by atoms with Crippen LogP contribution in [0, 0.1) is 6.92 Å². The van der Waals surface area contributed by atoms with Gasteiger partial charge in [-0.2, -0.15) is 9.50 Å². The molecule has 0 radical (unpaired) electrons. The molecule has 1 N–H and O–H groups in total. The molecule has 0 bridgehead atoms. The summed E-state index contributed by atoms with van der Waals surface area (Å²) in [6.45, 7) is 2.00. The van der Waals surface area contributed by atoms with Gasteiger partial charge in [0.1, 0.15) is 5.75 Å². The Morgan fingerprint density at radius 1 is 1.06 bits per heavy atom. The Morgan fingerprint density at radius 2 is 1.83 bits per heavy atom. The first-order valence-corrected chi connectivity index (χ1v) is 11.9. The number of methoxy groups -OCH3 is 1. The third kappa shape index (κ3) is 4.45. The molecule has 3 aromatic heterocycles.